The van der Waals surface area contributed by atoms with E-state index in [2.05, 4.69) is 21.3 Å². The van der Waals surface area contributed by atoms with Crippen LogP contribution in [0.2, 0.25) is 0 Å². The molecule has 2 rings (SSSR count). The highest BCUT2D eigenvalue weighted by Crippen LogP contribution is 2.13. The number of ether oxygens (including phenoxy) is 1. The lowest BCUT2D eigenvalue weighted by atomic mass is 10.0. The Balaban J connectivity index is 2.62. The van der Waals surface area contributed by atoms with Gasteiger partial charge in [-0.25, -0.2) is 4.79 Å². The minimum absolute atomic E-state index is 0.129. The molecular weight excluding hydrogens is 654 g/mol. The summed E-state index contributed by atoms with van der Waals surface area (Å²) >= 11 is 0. The first kappa shape index (κ1) is 39.8. The van der Waals surface area contributed by atoms with Crippen LogP contribution in [0.5, 0.6) is 5.75 Å². The lowest BCUT2D eigenvalue weighted by molar-refractivity contribution is -0.155. The van der Waals surface area contributed by atoms with Gasteiger partial charge in [-0.1, -0.05) is 12.1 Å². The van der Waals surface area contributed by atoms with Crippen molar-refractivity contribution in [3.05, 3.63) is 29.8 Å². The zero-order chi connectivity index (χ0) is 37.2. The maximum atomic E-state index is 13.5. The number of amides is 6. The van der Waals surface area contributed by atoms with Crippen molar-refractivity contribution >= 4 is 47.4 Å². The number of hydrogen-bond donors (Lipinski definition) is 11. The fraction of sp³-hybridized carbons (Fsp3) is 0.517. The summed E-state index contributed by atoms with van der Waals surface area (Å²) < 4.78 is 5.06. The molecule has 9 atom stereocenters. The summed E-state index contributed by atoms with van der Waals surface area (Å²) in [6.45, 7) is 3.37. The molecule has 20 nitrogen and oxygen atoms in total. The van der Waals surface area contributed by atoms with Crippen molar-refractivity contribution in [3.63, 3.8) is 0 Å². The van der Waals surface area contributed by atoms with Gasteiger partial charge in [-0.15, -0.1) is 0 Å². The van der Waals surface area contributed by atoms with Gasteiger partial charge in [-0.3, -0.25) is 33.6 Å². The number of hydrogen-bond acceptors (Lipinski definition) is 13. The topological polar surface area (TPSA) is 339 Å². The number of carbonyl (C=O) groups is 8. The molecule has 270 valence electrons. The number of aliphatic hydroxyl groups excluding tert-OH is 2. The summed E-state index contributed by atoms with van der Waals surface area (Å²) in [4.78, 5) is 103. The van der Waals surface area contributed by atoms with E-state index in [4.69, 9.17) is 16.2 Å². The second-order valence-electron chi connectivity index (χ2n) is 11.4. The summed E-state index contributed by atoms with van der Waals surface area (Å²) in [7, 11) is 0. The second-order valence-corrected chi connectivity index (χ2v) is 11.4. The van der Waals surface area contributed by atoms with Crippen LogP contribution in [0.1, 0.15) is 39.2 Å². The number of aromatic hydroxyl groups is 1. The third kappa shape index (κ3) is 12.0. The van der Waals surface area contributed by atoms with Crippen LogP contribution in [-0.4, -0.2) is 122 Å². The quantitative estimate of drug-likeness (QED) is 0.119. The summed E-state index contributed by atoms with van der Waals surface area (Å²) in [5, 5.41) is 50.8. The molecule has 1 aromatic carbocycles. The Kier molecular flexibility index (Phi) is 14.4. The van der Waals surface area contributed by atoms with Crippen molar-refractivity contribution in [2.24, 2.45) is 11.5 Å². The fourth-order valence-corrected chi connectivity index (χ4v) is 4.51. The van der Waals surface area contributed by atoms with Gasteiger partial charge in [0.05, 0.1) is 25.0 Å². The predicted molar refractivity (Wildman–Crippen MR) is 164 cm³/mol. The van der Waals surface area contributed by atoms with Crippen molar-refractivity contribution in [1.29, 1.82) is 0 Å². The number of aliphatic carboxylic acids is 1. The van der Waals surface area contributed by atoms with Gasteiger partial charge in [0.25, 0.3) is 0 Å². The summed E-state index contributed by atoms with van der Waals surface area (Å²) in [6, 6.07) is -5.33. The molecule has 0 bridgehead atoms. The number of nitrogens with one attached hydrogen (secondary N) is 5. The zero-order valence-corrected chi connectivity index (χ0v) is 26.7. The first-order valence-electron chi connectivity index (χ1n) is 14.9. The molecule has 20 heteroatoms. The van der Waals surface area contributed by atoms with Gasteiger partial charge in [0.15, 0.2) is 0 Å². The smallest absolute Gasteiger partial charge is 0.326 e. The van der Waals surface area contributed by atoms with Crippen LogP contribution in [0.15, 0.2) is 24.3 Å². The summed E-state index contributed by atoms with van der Waals surface area (Å²) in [5.74, 6) is -9.97. The molecule has 0 radical (unpaired) electrons. The molecule has 49 heavy (non-hydrogen) atoms. The lowest BCUT2D eigenvalue weighted by Crippen LogP contribution is -2.63. The number of primary amides is 1. The molecular formula is C29H41N7O13. The van der Waals surface area contributed by atoms with Gasteiger partial charge < -0.3 is 63.2 Å². The first-order valence-corrected chi connectivity index (χ1v) is 14.9. The number of phenolic OH excluding ortho intramolecular Hbond substituents is 1. The van der Waals surface area contributed by atoms with Crippen LogP contribution < -0.4 is 38.1 Å². The first-order chi connectivity index (χ1) is 22.8. The minimum Gasteiger partial charge on any atom is -0.508 e. The number of nitrogens with two attached hydrogens (primary N) is 2. The number of phenols is 1. The number of cyclic esters (lactones) is 1. The highest BCUT2D eigenvalue weighted by molar-refractivity contribution is 5.98. The maximum absolute atomic E-state index is 13.5. The highest BCUT2D eigenvalue weighted by atomic mass is 16.5. The Morgan fingerprint density at radius 1 is 0.816 bits per heavy atom. The third-order valence-electron chi connectivity index (χ3n) is 7.28. The van der Waals surface area contributed by atoms with Gasteiger partial charge in [0.1, 0.15) is 48.1 Å². The Labute approximate surface area is 279 Å². The van der Waals surface area contributed by atoms with Crippen LogP contribution in [0.25, 0.3) is 0 Å². The summed E-state index contributed by atoms with van der Waals surface area (Å²) in [6.07, 6.45) is -6.86. The number of carboxylic acids is 1. The molecule has 0 aromatic heterocycles. The molecule has 13 N–H and O–H groups in total. The highest BCUT2D eigenvalue weighted by Gasteiger charge is 2.37. The van der Waals surface area contributed by atoms with Crippen LogP contribution in [0.4, 0.5) is 0 Å². The van der Waals surface area contributed by atoms with Crippen LogP contribution in [-0.2, 0) is 49.5 Å². The van der Waals surface area contributed by atoms with Gasteiger partial charge >= 0.3 is 11.9 Å². The van der Waals surface area contributed by atoms with Crippen LogP contribution in [0, 0.1) is 0 Å². The van der Waals surface area contributed by atoms with E-state index in [9.17, 15) is 58.8 Å². The van der Waals surface area contributed by atoms with Gasteiger partial charge in [-0.2, -0.15) is 0 Å². The van der Waals surface area contributed by atoms with E-state index >= 15 is 0 Å². The molecule has 1 aliphatic heterocycles. The number of carbonyl (C=O) groups excluding carboxylic acids is 7. The van der Waals surface area contributed by atoms with E-state index in [1.54, 1.807) is 0 Å². The molecule has 6 amide bonds. The van der Waals surface area contributed by atoms with Crippen molar-refractivity contribution in [1.82, 2.24) is 26.6 Å². The largest absolute Gasteiger partial charge is 0.508 e. The van der Waals surface area contributed by atoms with E-state index in [1.165, 1.54) is 31.2 Å². The van der Waals surface area contributed by atoms with E-state index < -0.39 is 115 Å². The number of benzene rings is 1. The Hall–Kier alpha value is -5.34. The third-order valence-corrected chi connectivity index (χ3v) is 7.28. The number of carboxylic acid groups (broad SMARTS) is 1. The molecule has 2 unspecified atom stereocenters. The molecule has 0 aliphatic carbocycles. The SMILES string of the molecule is C[C@@H](O)[C@@H]1NC(=O)[C@H](Cc2ccc(O)cc2)NC(=O)C(CC(N)=O)NC(=O)[C@H]([C@@H](C)O)NC(=O)[C@@H](N)[C@@H](C)OC(=O)CC(C(=O)O)NC1=O. The van der Waals surface area contributed by atoms with Crippen molar-refractivity contribution < 1.29 is 63.5 Å². The number of rotatable bonds is 7. The van der Waals surface area contributed by atoms with Gasteiger partial charge in [0.2, 0.25) is 35.4 Å². The van der Waals surface area contributed by atoms with Crippen molar-refractivity contribution in [2.45, 2.75) is 94.6 Å². The molecule has 1 fully saturated rings. The van der Waals surface area contributed by atoms with Crippen molar-refractivity contribution in [3.8, 4) is 5.75 Å². The Bertz CT molecular complexity index is 1420. The molecule has 1 saturated heterocycles. The maximum Gasteiger partial charge on any atom is 0.326 e. The minimum atomic E-state index is -1.95. The monoisotopic (exact) mass is 695 g/mol. The normalized spacial score (nSPS) is 27.9. The molecule has 0 saturated carbocycles. The van der Waals surface area contributed by atoms with Gasteiger partial charge in [-0.05, 0) is 38.5 Å². The van der Waals surface area contributed by atoms with E-state index in [0.717, 1.165) is 13.8 Å². The molecule has 1 heterocycles. The summed E-state index contributed by atoms with van der Waals surface area (Å²) in [5.41, 5.74) is 11.5. The van der Waals surface area contributed by atoms with Crippen LogP contribution >= 0.6 is 0 Å². The van der Waals surface area contributed by atoms with E-state index in [-0.39, 0.29) is 12.2 Å². The zero-order valence-electron chi connectivity index (χ0n) is 26.7. The Morgan fingerprint density at radius 2 is 1.31 bits per heavy atom. The van der Waals surface area contributed by atoms with Gasteiger partial charge in [0, 0.05) is 6.42 Å². The average molecular weight is 696 g/mol. The average Bonchev–Trinajstić information content (AvgIpc) is 3.00. The van der Waals surface area contributed by atoms with E-state index in [1.807, 2.05) is 5.32 Å². The molecule has 0 spiro atoms. The number of aliphatic hydroxyl groups is 2. The molecule has 1 aliphatic rings. The second kappa shape index (κ2) is 17.7. The lowest BCUT2D eigenvalue weighted by Gasteiger charge is -2.29. The Morgan fingerprint density at radius 3 is 1.82 bits per heavy atom. The number of esters is 1. The van der Waals surface area contributed by atoms with Crippen molar-refractivity contribution in [2.75, 3.05) is 0 Å². The standard InChI is InChI=1S/C29H41N7O13/c1-11(37)22-28(46)34-18(29(47)48)10-20(41)49-13(3)21(31)26(44)36-23(12(2)38)27(45)33-17(9-19(30)40)24(42)32-16(25(43)35-22)8-14-4-6-15(39)7-5-14/h4-7,11-13,16-18,21-23,37-39H,8-10,31H2,1-3H3,(H2,30,40)(H,32,42)(H,33,45)(H,34,46)(H,35,43)(H,36,44)(H,47,48)/t11-,12-,13-,16+,17?,18?,21+,22+,23+/m1/s1. The predicted octanol–water partition coefficient (Wildman–Crippen LogP) is -5.26. The fourth-order valence-electron chi connectivity index (χ4n) is 4.51. The molecule has 1 aromatic rings. The van der Waals surface area contributed by atoms with E-state index in [0.29, 0.717) is 5.56 Å². The van der Waals surface area contributed by atoms with Crippen LogP contribution in [0.3, 0.4) is 0 Å².